The van der Waals surface area contributed by atoms with Crippen molar-refractivity contribution < 1.29 is 9.53 Å². The molecule has 2 N–H and O–H groups in total. The van der Waals surface area contributed by atoms with E-state index >= 15 is 0 Å². The average molecular weight is 457 g/mol. The summed E-state index contributed by atoms with van der Waals surface area (Å²) in [7, 11) is 1.59. The Hall–Kier alpha value is -2.51. The number of amides is 1. The average Bonchev–Trinajstić information content (AvgIpc) is 3.49. The molecule has 1 fully saturated rings. The summed E-state index contributed by atoms with van der Waals surface area (Å²) in [6.45, 7) is 0. The number of rotatable bonds is 8. The highest BCUT2D eigenvalue weighted by Crippen LogP contribution is 2.36. The zero-order chi connectivity index (χ0) is 21.6. The van der Waals surface area contributed by atoms with E-state index in [1.54, 1.807) is 25.3 Å². The summed E-state index contributed by atoms with van der Waals surface area (Å²) in [5.74, 6) is 1.92. The van der Waals surface area contributed by atoms with Crippen molar-refractivity contribution in [2.75, 3.05) is 12.9 Å². The van der Waals surface area contributed by atoms with Gasteiger partial charge in [0.15, 0.2) is 5.82 Å². The van der Waals surface area contributed by atoms with E-state index in [4.69, 9.17) is 16.3 Å². The van der Waals surface area contributed by atoms with Crippen LogP contribution in [0, 0.1) is 5.92 Å². The van der Waals surface area contributed by atoms with Crippen LogP contribution in [0.25, 0.3) is 11.4 Å². The number of methoxy groups -OCH3 is 1. The Morgan fingerprint density at radius 2 is 2.03 bits per heavy atom. The summed E-state index contributed by atoms with van der Waals surface area (Å²) in [5, 5.41) is 11.5. The number of ether oxygens (including phenoxy) is 1. The predicted molar refractivity (Wildman–Crippen MR) is 123 cm³/mol. The Morgan fingerprint density at radius 1 is 1.26 bits per heavy atom. The minimum absolute atomic E-state index is 0.0163. The Bertz CT molecular complexity index is 1020. The number of H-pyrrole nitrogens is 1. The van der Waals surface area contributed by atoms with Gasteiger partial charge in [-0.2, -0.15) is 0 Å². The van der Waals surface area contributed by atoms with Gasteiger partial charge in [-0.3, -0.25) is 9.89 Å². The Labute approximate surface area is 191 Å². The number of aromatic nitrogens is 3. The summed E-state index contributed by atoms with van der Waals surface area (Å²) in [4.78, 5) is 17.2. The summed E-state index contributed by atoms with van der Waals surface area (Å²) >= 11 is 7.41. The molecule has 0 spiro atoms. The van der Waals surface area contributed by atoms with E-state index < -0.39 is 0 Å². The second-order valence-electron chi connectivity index (χ2n) is 7.60. The van der Waals surface area contributed by atoms with Gasteiger partial charge >= 0.3 is 0 Å². The maximum Gasteiger partial charge on any atom is 0.230 e. The largest absolute Gasteiger partial charge is 0.496 e. The normalized spacial score (nSPS) is 15.0. The zero-order valence-corrected chi connectivity index (χ0v) is 18.9. The predicted octanol–water partition coefficient (Wildman–Crippen LogP) is 5.27. The summed E-state index contributed by atoms with van der Waals surface area (Å²) in [6, 6.07) is 15.6. The van der Waals surface area contributed by atoms with E-state index in [-0.39, 0.29) is 17.7 Å². The lowest BCUT2D eigenvalue weighted by molar-refractivity contribution is -0.119. The molecular weight excluding hydrogens is 432 g/mol. The van der Waals surface area contributed by atoms with Gasteiger partial charge in [-0.05, 0) is 42.5 Å². The van der Waals surface area contributed by atoms with Gasteiger partial charge in [0.25, 0.3) is 0 Å². The van der Waals surface area contributed by atoms with Gasteiger partial charge in [0.2, 0.25) is 11.1 Å². The van der Waals surface area contributed by atoms with Gasteiger partial charge in [-0.25, -0.2) is 4.98 Å². The molecule has 0 radical (unpaired) electrons. The molecule has 1 aliphatic carbocycles. The van der Waals surface area contributed by atoms with Crippen LogP contribution in [0.4, 0.5) is 0 Å². The number of carbonyl (C=O) groups excluding carboxylic acids is 1. The van der Waals surface area contributed by atoms with Crippen molar-refractivity contribution in [1.29, 1.82) is 0 Å². The Kier molecular flexibility index (Phi) is 7.14. The maximum atomic E-state index is 12.7. The lowest BCUT2D eigenvalue weighted by Gasteiger charge is -2.25. The van der Waals surface area contributed by atoms with E-state index in [1.807, 2.05) is 18.2 Å². The number of nitrogens with zero attached hydrogens (tertiary/aromatic N) is 2. The summed E-state index contributed by atoms with van der Waals surface area (Å²) in [5.41, 5.74) is 1.89. The fourth-order valence-corrected chi connectivity index (χ4v) is 4.85. The van der Waals surface area contributed by atoms with Gasteiger partial charge in [-0.1, -0.05) is 66.5 Å². The third-order valence-electron chi connectivity index (χ3n) is 5.56. The number of thioether (sulfide) groups is 1. The highest BCUT2D eigenvalue weighted by molar-refractivity contribution is 7.99. The first-order valence-corrected chi connectivity index (χ1v) is 11.7. The van der Waals surface area contributed by atoms with Crippen LogP contribution >= 0.6 is 23.4 Å². The molecule has 0 saturated heterocycles. The molecule has 2 aromatic carbocycles. The topological polar surface area (TPSA) is 79.9 Å². The van der Waals surface area contributed by atoms with Crippen LogP contribution in [-0.4, -0.2) is 34.0 Å². The molecule has 162 valence electrons. The maximum absolute atomic E-state index is 12.7. The molecule has 1 unspecified atom stereocenters. The van der Waals surface area contributed by atoms with E-state index in [1.165, 1.54) is 30.2 Å². The molecule has 0 aliphatic heterocycles. The summed E-state index contributed by atoms with van der Waals surface area (Å²) in [6.07, 6.45) is 4.76. The number of carbonyl (C=O) groups is 1. The van der Waals surface area contributed by atoms with Crippen molar-refractivity contribution in [3.63, 3.8) is 0 Å². The number of halogens is 1. The van der Waals surface area contributed by atoms with E-state index in [2.05, 4.69) is 32.6 Å². The van der Waals surface area contributed by atoms with Crippen molar-refractivity contribution in [2.24, 2.45) is 5.92 Å². The molecule has 1 amide bonds. The molecule has 1 aromatic heterocycles. The van der Waals surface area contributed by atoms with Crippen LogP contribution in [0.1, 0.15) is 37.3 Å². The number of aromatic amines is 1. The van der Waals surface area contributed by atoms with E-state index in [9.17, 15) is 4.79 Å². The van der Waals surface area contributed by atoms with Crippen LogP contribution in [0.2, 0.25) is 5.02 Å². The van der Waals surface area contributed by atoms with Gasteiger partial charge in [0.05, 0.1) is 24.5 Å². The Balaban J connectivity index is 1.40. The quantitative estimate of drug-likeness (QED) is 0.451. The number of benzene rings is 2. The fourth-order valence-electron chi connectivity index (χ4n) is 4.07. The van der Waals surface area contributed by atoms with Gasteiger partial charge in [0, 0.05) is 5.02 Å². The first-order valence-electron chi connectivity index (χ1n) is 10.4. The van der Waals surface area contributed by atoms with Crippen molar-refractivity contribution in [2.45, 2.75) is 36.9 Å². The standard InChI is InChI=1S/C23H25ClN4O2S/c1-30-19-12-11-17(24)13-18(19)22-26-23(28-27-22)31-14-20(29)25-21(16-9-5-6-10-16)15-7-3-2-4-8-15/h2-4,7-8,11-13,16,21H,5-6,9-10,14H2,1H3,(H,25,29)(H,26,27,28). The van der Waals surface area contributed by atoms with Crippen LogP contribution < -0.4 is 10.1 Å². The number of nitrogens with one attached hydrogen (secondary N) is 2. The molecule has 6 nitrogen and oxygen atoms in total. The van der Waals surface area contributed by atoms with E-state index in [0.717, 1.165) is 18.4 Å². The van der Waals surface area contributed by atoms with Gasteiger partial charge in [0.1, 0.15) is 5.75 Å². The monoisotopic (exact) mass is 456 g/mol. The van der Waals surface area contributed by atoms with Gasteiger partial charge in [-0.15, -0.1) is 5.10 Å². The molecule has 4 rings (SSSR count). The molecule has 1 heterocycles. The van der Waals surface area contributed by atoms with Crippen molar-refractivity contribution >= 4 is 29.3 Å². The number of hydrogen-bond donors (Lipinski definition) is 2. The highest BCUT2D eigenvalue weighted by Gasteiger charge is 2.27. The third kappa shape index (κ3) is 5.40. The van der Waals surface area contributed by atoms with Gasteiger partial charge < -0.3 is 10.1 Å². The third-order valence-corrected chi connectivity index (χ3v) is 6.64. The Morgan fingerprint density at radius 3 is 2.77 bits per heavy atom. The van der Waals surface area contributed by atoms with Crippen molar-refractivity contribution in [1.82, 2.24) is 20.5 Å². The molecule has 31 heavy (non-hydrogen) atoms. The minimum atomic E-state index is -0.0163. The second kappa shape index (κ2) is 10.2. The van der Waals surface area contributed by atoms with Crippen molar-refractivity contribution in [3.05, 3.63) is 59.1 Å². The second-order valence-corrected chi connectivity index (χ2v) is 8.98. The molecule has 1 saturated carbocycles. The smallest absolute Gasteiger partial charge is 0.230 e. The molecule has 0 bridgehead atoms. The molecule has 1 atom stereocenters. The van der Waals surface area contributed by atoms with Crippen LogP contribution in [0.3, 0.4) is 0 Å². The SMILES string of the molecule is COc1ccc(Cl)cc1-c1nc(SCC(=O)NC(c2ccccc2)C2CCCC2)n[nH]1. The first kappa shape index (κ1) is 21.7. The lowest BCUT2D eigenvalue weighted by Crippen LogP contribution is -2.33. The first-order chi connectivity index (χ1) is 15.1. The lowest BCUT2D eigenvalue weighted by atomic mass is 9.91. The molecular formula is C23H25ClN4O2S. The summed E-state index contributed by atoms with van der Waals surface area (Å²) < 4.78 is 5.38. The number of hydrogen-bond acceptors (Lipinski definition) is 5. The molecule has 8 heteroatoms. The zero-order valence-electron chi connectivity index (χ0n) is 17.3. The minimum Gasteiger partial charge on any atom is -0.496 e. The van der Waals surface area contributed by atoms with Crippen LogP contribution in [-0.2, 0) is 4.79 Å². The van der Waals surface area contributed by atoms with E-state index in [0.29, 0.717) is 27.7 Å². The fraction of sp³-hybridized carbons (Fsp3) is 0.348. The molecule has 1 aliphatic rings. The highest BCUT2D eigenvalue weighted by atomic mass is 35.5. The van der Waals surface area contributed by atoms with Crippen LogP contribution in [0.15, 0.2) is 53.7 Å². The molecule has 3 aromatic rings. The van der Waals surface area contributed by atoms with Crippen LogP contribution in [0.5, 0.6) is 5.75 Å². The van der Waals surface area contributed by atoms with Crippen molar-refractivity contribution in [3.8, 4) is 17.1 Å².